The van der Waals surface area contributed by atoms with E-state index in [1.165, 1.54) is 16.5 Å². The van der Waals surface area contributed by atoms with Crippen molar-refractivity contribution in [3.63, 3.8) is 0 Å². The molecule has 1 atom stereocenters. The quantitative estimate of drug-likeness (QED) is 0.851. The van der Waals surface area contributed by atoms with Gasteiger partial charge in [-0.3, -0.25) is 0 Å². The lowest BCUT2D eigenvalue weighted by atomic mass is 10.2. The summed E-state index contributed by atoms with van der Waals surface area (Å²) < 4.78 is 7.86. The van der Waals surface area contributed by atoms with Gasteiger partial charge in [-0.25, -0.2) is 0 Å². The zero-order chi connectivity index (χ0) is 13.0. The summed E-state index contributed by atoms with van der Waals surface area (Å²) in [4.78, 5) is 0. The lowest BCUT2D eigenvalue weighted by molar-refractivity contribution is 0.0601. The SMILES string of the molecule is CCOC(CN)CCn1ccc2cc(C)ccc21. The molecular formula is C15H22N2O. The van der Waals surface area contributed by atoms with Gasteiger partial charge in [-0.2, -0.15) is 0 Å². The molecule has 0 spiro atoms. The van der Waals surface area contributed by atoms with Gasteiger partial charge in [0.15, 0.2) is 0 Å². The average Bonchev–Trinajstić information content (AvgIpc) is 2.76. The second-order valence-corrected chi connectivity index (χ2v) is 4.67. The number of aryl methyl sites for hydroxylation is 2. The molecule has 98 valence electrons. The normalized spacial score (nSPS) is 13.1. The van der Waals surface area contributed by atoms with Crippen LogP contribution < -0.4 is 5.73 Å². The van der Waals surface area contributed by atoms with Crippen molar-refractivity contribution in [2.24, 2.45) is 5.73 Å². The fourth-order valence-corrected chi connectivity index (χ4v) is 2.30. The first kappa shape index (κ1) is 13.1. The van der Waals surface area contributed by atoms with Gasteiger partial charge in [0, 0.05) is 31.4 Å². The van der Waals surface area contributed by atoms with Crippen LogP contribution in [0.5, 0.6) is 0 Å². The van der Waals surface area contributed by atoms with E-state index < -0.39 is 0 Å². The van der Waals surface area contributed by atoms with Crippen molar-refractivity contribution in [2.75, 3.05) is 13.2 Å². The van der Waals surface area contributed by atoms with Gasteiger partial charge in [-0.15, -0.1) is 0 Å². The Hall–Kier alpha value is -1.32. The summed E-state index contributed by atoms with van der Waals surface area (Å²) in [5.41, 5.74) is 8.28. The molecule has 0 radical (unpaired) electrons. The summed E-state index contributed by atoms with van der Waals surface area (Å²) in [7, 11) is 0. The third kappa shape index (κ3) is 2.92. The number of nitrogens with two attached hydrogens (primary N) is 1. The molecule has 0 aliphatic carbocycles. The van der Waals surface area contributed by atoms with Crippen molar-refractivity contribution in [2.45, 2.75) is 32.9 Å². The molecule has 0 fully saturated rings. The number of benzene rings is 1. The molecule has 1 unspecified atom stereocenters. The molecule has 0 bridgehead atoms. The molecule has 0 aliphatic rings. The van der Waals surface area contributed by atoms with Crippen LogP contribution in [-0.2, 0) is 11.3 Å². The molecule has 1 aromatic carbocycles. The minimum absolute atomic E-state index is 0.165. The molecule has 0 aliphatic heterocycles. The first-order chi connectivity index (χ1) is 8.74. The molecule has 18 heavy (non-hydrogen) atoms. The lowest BCUT2D eigenvalue weighted by Gasteiger charge is -2.15. The third-order valence-corrected chi connectivity index (χ3v) is 3.28. The van der Waals surface area contributed by atoms with Gasteiger partial charge >= 0.3 is 0 Å². The highest BCUT2D eigenvalue weighted by molar-refractivity contribution is 5.80. The Morgan fingerprint density at radius 3 is 2.89 bits per heavy atom. The van der Waals surface area contributed by atoms with E-state index in [1.807, 2.05) is 6.92 Å². The van der Waals surface area contributed by atoms with Gasteiger partial charge in [0.1, 0.15) is 0 Å². The average molecular weight is 246 g/mol. The Morgan fingerprint density at radius 2 is 2.17 bits per heavy atom. The molecule has 2 N–H and O–H groups in total. The fraction of sp³-hybridized carbons (Fsp3) is 0.467. The van der Waals surface area contributed by atoms with E-state index in [1.54, 1.807) is 0 Å². The maximum absolute atomic E-state index is 5.70. The summed E-state index contributed by atoms with van der Waals surface area (Å²) in [5, 5.41) is 1.30. The number of ether oxygens (including phenoxy) is 1. The second kappa shape index (κ2) is 6.03. The van der Waals surface area contributed by atoms with Gasteiger partial charge < -0.3 is 15.0 Å². The number of rotatable bonds is 6. The van der Waals surface area contributed by atoms with Crippen LogP contribution in [0.1, 0.15) is 18.9 Å². The smallest absolute Gasteiger partial charge is 0.0714 e. The van der Waals surface area contributed by atoms with E-state index in [0.717, 1.165) is 19.6 Å². The zero-order valence-electron chi connectivity index (χ0n) is 11.2. The first-order valence-electron chi connectivity index (χ1n) is 6.61. The van der Waals surface area contributed by atoms with Crippen LogP contribution >= 0.6 is 0 Å². The molecule has 2 aromatic rings. The van der Waals surface area contributed by atoms with Crippen molar-refractivity contribution in [3.8, 4) is 0 Å². The minimum atomic E-state index is 0.165. The van der Waals surface area contributed by atoms with Crippen LogP contribution in [0.2, 0.25) is 0 Å². The number of hydrogen-bond donors (Lipinski definition) is 1. The van der Waals surface area contributed by atoms with E-state index in [-0.39, 0.29) is 6.10 Å². The van der Waals surface area contributed by atoms with Crippen molar-refractivity contribution in [3.05, 3.63) is 36.0 Å². The van der Waals surface area contributed by atoms with E-state index in [4.69, 9.17) is 10.5 Å². The summed E-state index contributed by atoms with van der Waals surface area (Å²) in [6.45, 7) is 6.40. The third-order valence-electron chi connectivity index (χ3n) is 3.28. The summed E-state index contributed by atoms with van der Waals surface area (Å²) >= 11 is 0. The number of fused-ring (bicyclic) bond motifs is 1. The van der Waals surface area contributed by atoms with Gasteiger partial charge in [0.25, 0.3) is 0 Å². The summed E-state index contributed by atoms with van der Waals surface area (Å²) in [5.74, 6) is 0. The molecule has 3 heteroatoms. The standard InChI is InChI=1S/C15H22N2O/c1-3-18-14(11-16)7-9-17-8-6-13-10-12(2)4-5-15(13)17/h4-6,8,10,14H,3,7,9,11,16H2,1-2H3. The molecule has 3 nitrogen and oxygen atoms in total. The van der Waals surface area contributed by atoms with Crippen molar-refractivity contribution < 1.29 is 4.74 Å². The molecule has 0 saturated heterocycles. The van der Waals surface area contributed by atoms with E-state index in [9.17, 15) is 0 Å². The zero-order valence-corrected chi connectivity index (χ0v) is 11.2. The van der Waals surface area contributed by atoms with Crippen LogP contribution in [0.4, 0.5) is 0 Å². The Morgan fingerprint density at radius 1 is 1.33 bits per heavy atom. The van der Waals surface area contributed by atoms with Gasteiger partial charge in [0.05, 0.1) is 6.10 Å². The number of hydrogen-bond acceptors (Lipinski definition) is 2. The van der Waals surface area contributed by atoms with Crippen LogP contribution in [0, 0.1) is 6.92 Å². The Balaban J connectivity index is 2.07. The van der Waals surface area contributed by atoms with Crippen LogP contribution in [0.3, 0.4) is 0 Å². The summed E-state index contributed by atoms with van der Waals surface area (Å²) in [6, 6.07) is 8.72. The maximum Gasteiger partial charge on any atom is 0.0714 e. The highest BCUT2D eigenvalue weighted by atomic mass is 16.5. The van der Waals surface area contributed by atoms with Crippen molar-refractivity contribution in [1.29, 1.82) is 0 Å². The molecule has 0 saturated carbocycles. The van der Waals surface area contributed by atoms with Crippen LogP contribution in [-0.4, -0.2) is 23.8 Å². The van der Waals surface area contributed by atoms with Gasteiger partial charge in [0.2, 0.25) is 0 Å². The Bertz CT molecular complexity index is 504. The van der Waals surface area contributed by atoms with E-state index in [0.29, 0.717) is 6.54 Å². The van der Waals surface area contributed by atoms with E-state index in [2.05, 4.69) is 42.0 Å². The predicted octanol–water partition coefficient (Wildman–Crippen LogP) is 2.70. The Labute approximate surface area is 109 Å². The molecule has 2 rings (SSSR count). The molecule has 0 amide bonds. The minimum Gasteiger partial charge on any atom is -0.377 e. The Kier molecular flexibility index (Phi) is 4.39. The summed E-state index contributed by atoms with van der Waals surface area (Å²) in [6.07, 6.45) is 3.27. The van der Waals surface area contributed by atoms with Crippen LogP contribution in [0.15, 0.2) is 30.5 Å². The highest BCUT2D eigenvalue weighted by Crippen LogP contribution is 2.18. The molecular weight excluding hydrogens is 224 g/mol. The first-order valence-corrected chi connectivity index (χ1v) is 6.61. The maximum atomic E-state index is 5.70. The fourth-order valence-electron chi connectivity index (χ4n) is 2.30. The van der Waals surface area contributed by atoms with Gasteiger partial charge in [-0.1, -0.05) is 11.6 Å². The van der Waals surface area contributed by atoms with Crippen LogP contribution in [0.25, 0.3) is 10.9 Å². The predicted molar refractivity (Wildman–Crippen MR) is 75.8 cm³/mol. The lowest BCUT2D eigenvalue weighted by Crippen LogP contribution is -2.25. The topological polar surface area (TPSA) is 40.2 Å². The monoisotopic (exact) mass is 246 g/mol. The van der Waals surface area contributed by atoms with Gasteiger partial charge in [-0.05, 0) is 43.9 Å². The molecule has 1 heterocycles. The second-order valence-electron chi connectivity index (χ2n) is 4.67. The van der Waals surface area contributed by atoms with Crippen molar-refractivity contribution in [1.82, 2.24) is 4.57 Å². The number of nitrogens with zero attached hydrogens (tertiary/aromatic N) is 1. The van der Waals surface area contributed by atoms with Crippen molar-refractivity contribution >= 4 is 10.9 Å². The number of aromatic nitrogens is 1. The molecule has 1 aromatic heterocycles. The largest absolute Gasteiger partial charge is 0.377 e. The van der Waals surface area contributed by atoms with E-state index >= 15 is 0 Å². The highest BCUT2D eigenvalue weighted by Gasteiger charge is 2.07.